The van der Waals surface area contributed by atoms with Crippen LogP contribution in [0.5, 0.6) is 0 Å². The van der Waals surface area contributed by atoms with Crippen LogP contribution in [0.15, 0.2) is 109 Å². The molecule has 0 spiro atoms. The predicted molar refractivity (Wildman–Crippen MR) is 248 cm³/mol. The van der Waals surface area contributed by atoms with Gasteiger partial charge in [-0.25, -0.2) is 4.57 Å². The first-order chi connectivity index (χ1) is 30.4. The second kappa shape index (κ2) is 37.8. The number of carbonyl (C=O) groups is 2. The molecule has 0 aromatic carbocycles. The van der Waals surface area contributed by atoms with Crippen LogP contribution in [0.1, 0.15) is 129 Å². The van der Waals surface area contributed by atoms with E-state index >= 15 is 0 Å². The van der Waals surface area contributed by atoms with E-state index in [0.717, 1.165) is 64.2 Å². The van der Waals surface area contributed by atoms with Crippen molar-refractivity contribution in [1.82, 2.24) is 0 Å². The SMILES string of the molecule is CC/C=C/C/C=C/C/C=C/C/C=C/C/C=C/C/C=C/CCC(=O)O[C@H](COC(=O)CCCC/C=C/C/C=C/C/C=C/CCCCC)COP(=O)(O)OC1C(O)C(O)C(O)[C@@H](O)C1O. The third-order valence-corrected chi connectivity index (χ3v) is 10.6. The predicted octanol–water partition coefficient (Wildman–Crippen LogP) is 8.83. The minimum Gasteiger partial charge on any atom is -0.462 e. The standard InChI is InChI=1S/C49H77O13P/c1-3-5-7-9-11-13-15-17-19-20-21-22-24-26-28-30-32-34-36-38-43(51)61-41(40-60-63(57,58)62-49-47(55)45(53)44(52)46(54)48(49)56)39-59-42(50)37-35-33-31-29-27-25-23-18-16-14-12-10-8-6-4-2/h5,7,11-14,17-19,21-23,26-29,32,34,41,44-49,52-56H,3-4,6,8-10,15-16,20,24-25,30-31,33,35-40H2,1-2H3,(H,57,58)/b7-5+,13-11+,14-12+,19-17+,22-21+,23-18+,28-26+,29-27+,34-32+/t41-,44?,45-,46?,47?,48?,49?/m1/s1. The summed E-state index contributed by atoms with van der Waals surface area (Å²) in [5, 5.41) is 50.1. The topological polar surface area (TPSA) is 210 Å². The van der Waals surface area contributed by atoms with Crippen molar-refractivity contribution >= 4 is 19.8 Å². The Morgan fingerprint density at radius 1 is 0.508 bits per heavy atom. The lowest BCUT2D eigenvalue weighted by Crippen LogP contribution is -2.64. The largest absolute Gasteiger partial charge is 0.472 e. The summed E-state index contributed by atoms with van der Waals surface area (Å²) in [5.41, 5.74) is 0. The Bertz CT molecular complexity index is 1510. The third kappa shape index (κ3) is 30.3. The fourth-order valence-corrected chi connectivity index (χ4v) is 6.94. The van der Waals surface area contributed by atoms with Gasteiger partial charge in [0.2, 0.25) is 0 Å². The first-order valence-electron chi connectivity index (χ1n) is 22.7. The van der Waals surface area contributed by atoms with Crippen LogP contribution in [-0.2, 0) is 32.7 Å². The zero-order valence-corrected chi connectivity index (χ0v) is 38.5. The molecule has 1 aliphatic carbocycles. The van der Waals surface area contributed by atoms with Gasteiger partial charge in [0.05, 0.1) is 6.61 Å². The molecule has 6 N–H and O–H groups in total. The van der Waals surface area contributed by atoms with E-state index in [1.54, 1.807) is 0 Å². The highest BCUT2D eigenvalue weighted by Gasteiger charge is 2.51. The van der Waals surface area contributed by atoms with Crippen LogP contribution in [0.3, 0.4) is 0 Å². The van der Waals surface area contributed by atoms with Gasteiger partial charge in [-0.15, -0.1) is 0 Å². The van der Waals surface area contributed by atoms with Crippen LogP contribution in [0.4, 0.5) is 0 Å². The monoisotopic (exact) mass is 905 g/mol. The molecular formula is C49H77O13P. The van der Waals surface area contributed by atoms with Gasteiger partial charge < -0.3 is 39.9 Å². The van der Waals surface area contributed by atoms with E-state index < -0.39 is 75.7 Å². The van der Waals surface area contributed by atoms with Gasteiger partial charge in [0.1, 0.15) is 43.2 Å². The molecule has 13 nitrogen and oxygen atoms in total. The summed E-state index contributed by atoms with van der Waals surface area (Å²) in [6, 6.07) is 0. The zero-order valence-electron chi connectivity index (χ0n) is 37.6. The zero-order chi connectivity index (χ0) is 46.4. The molecule has 1 rings (SSSR count). The second-order valence-corrected chi connectivity index (χ2v) is 16.6. The number of allylic oxidation sites excluding steroid dienone is 18. The molecular weight excluding hydrogens is 828 g/mol. The Kier molecular flexibility index (Phi) is 34.6. The number of hydrogen-bond acceptors (Lipinski definition) is 12. The Morgan fingerprint density at radius 2 is 0.921 bits per heavy atom. The Hall–Kier alpha value is -3.49. The van der Waals surface area contributed by atoms with E-state index in [0.29, 0.717) is 19.3 Å². The van der Waals surface area contributed by atoms with Gasteiger partial charge in [-0.05, 0) is 89.9 Å². The van der Waals surface area contributed by atoms with Crippen LogP contribution in [-0.4, -0.2) is 98.3 Å². The number of carbonyl (C=O) groups excluding carboxylic acids is 2. The molecule has 8 atom stereocenters. The van der Waals surface area contributed by atoms with Crippen LogP contribution in [0.2, 0.25) is 0 Å². The van der Waals surface area contributed by atoms with Gasteiger partial charge in [-0.3, -0.25) is 18.6 Å². The van der Waals surface area contributed by atoms with E-state index in [2.05, 4.69) is 105 Å². The van der Waals surface area contributed by atoms with Crippen LogP contribution >= 0.6 is 7.82 Å². The summed E-state index contributed by atoms with van der Waals surface area (Å²) in [4.78, 5) is 35.6. The van der Waals surface area contributed by atoms with Gasteiger partial charge >= 0.3 is 19.8 Å². The molecule has 14 heteroatoms. The van der Waals surface area contributed by atoms with Crippen molar-refractivity contribution in [2.45, 2.75) is 172 Å². The number of unbranched alkanes of at least 4 members (excludes halogenated alkanes) is 5. The summed E-state index contributed by atoms with van der Waals surface area (Å²) in [7, 11) is -5.15. The average Bonchev–Trinajstić information content (AvgIpc) is 3.26. The van der Waals surface area contributed by atoms with Gasteiger partial charge in [-0.2, -0.15) is 0 Å². The maximum atomic E-state index is 12.8. The minimum absolute atomic E-state index is 0.0437. The Labute approximate surface area is 376 Å². The second-order valence-electron chi connectivity index (χ2n) is 15.2. The number of hydrogen-bond donors (Lipinski definition) is 6. The molecule has 6 unspecified atom stereocenters. The van der Waals surface area contributed by atoms with Crippen LogP contribution in [0.25, 0.3) is 0 Å². The van der Waals surface area contributed by atoms with Crippen molar-refractivity contribution in [3.8, 4) is 0 Å². The number of rotatable bonds is 35. The molecule has 0 amide bonds. The highest BCUT2D eigenvalue weighted by molar-refractivity contribution is 7.47. The van der Waals surface area contributed by atoms with Crippen molar-refractivity contribution in [3.05, 3.63) is 109 Å². The van der Waals surface area contributed by atoms with Crippen molar-refractivity contribution in [3.63, 3.8) is 0 Å². The molecule has 1 aliphatic rings. The molecule has 356 valence electrons. The number of phosphoric ester groups is 1. The molecule has 1 saturated carbocycles. The molecule has 0 heterocycles. The lowest BCUT2D eigenvalue weighted by Gasteiger charge is -2.41. The summed E-state index contributed by atoms with van der Waals surface area (Å²) in [6.45, 7) is 3.04. The first kappa shape index (κ1) is 57.5. The normalized spacial score (nSPS) is 22.7. The summed E-state index contributed by atoms with van der Waals surface area (Å²) < 4.78 is 33.4. The quantitative estimate of drug-likeness (QED) is 0.0152. The third-order valence-electron chi connectivity index (χ3n) is 9.61. The maximum absolute atomic E-state index is 12.8. The molecule has 1 fully saturated rings. The van der Waals surface area contributed by atoms with Gasteiger partial charge in [-0.1, -0.05) is 136 Å². The number of phosphoric acid groups is 1. The molecule has 0 radical (unpaired) electrons. The van der Waals surface area contributed by atoms with E-state index in [1.807, 2.05) is 18.2 Å². The van der Waals surface area contributed by atoms with Crippen molar-refractivity contribution in [1.29, 1.82) is 0 Å². The van der Waals surface area contributed by atoms with Gasteiger partial charge in [0.25, 0.3) is 0 Å². The van der Waals surface area contributed by atoms with Crippen LogP contribution in [0, 0.1) is 0 Å². The van der Waals surface area contributed by atoms with E-state index in [4.69, 9.17) is 18.5 Å². The number of ether oxygens (including phenoxy) is 2. The molecule has 0 bridgehead atoms. The lowest BCUT2D eigenvalue weighted by molar-refractivity contribution is -0.220. The minimum atomic E-state index is -5.15. The fourth-order valence-electron chi connectivity index (χ4n) is 5.96. The average molecular weight is 905 g/mol. The van der Waals surface area contributed by atoms with Gasteiger partial charge in [0.15, 0.2) is 6.10 Å². The first-order valence-corrected chi connectivity index (χ1v) is 24.2. The van der Waals surface area contributed by atoms with E-state index in [1.165, 1.54) is 19.3 Å². The Balaban J connectivity index is 2.57. The van der Waals surface area contributed by atoms with E-state index in [-0.39, 0.29) is 12.8 Å². The lowest BCUT2D eigenvalue weighted by atomic mass is 9.85. The summed E-state index contributed by atoms with van der Waals surface area (Å²) in [5.74, 6) is -1.26. The van der Waals surface area contributed by atoms with E-state index in [9.17, 15) is 44.6 Å². The molecule has 0 saturated heterocycles. The van der Waals surface area contributed by atoms with Gasteiger partial charge in [0, 0.05) is 12.8 Å². The Morgan fingerprint density at radius 3 is 1.38 bits per heavy atom. The molecule has 0 aliphatic heterocycles. The molecule has 0 aromatic rings. The summed E-state index contributed by atoms with van der Waals surface area (Å²) >= 11 is 0. The number of aliphatic hydroxyl groups is 5. The molecule has 0 aromatic heterocycles. The number of esters is 2. The highest BCUT2D eigenvalue weighted by atomic mass is 31.2. The summed E-state index contributed by atoms with van der Waals surface area (Å²) in [6.07, 6.45) is 38.7. The highest BCUT2D eigenvalue weighted by Crippen LogP contribution is 2.47. The van der Waals surface area contributed by atoms with Crippen molar-refractivity contribution < 1.29 is 63.1 Å². The van der Waals surface area contributed by atoms with Crippen LogP contribution < -0.4 is 0 Å². The van der Waals surface area contributed by atoms with Crippen molar-refractivity contribution in [2.75, 3.05) is 13.2 Å². The van der Waals surface area contributed by atoms with Crippen molar-refractivity contribution in [2.24, 2.45) is 0 Å². The number of aliphatic hydroxyl groups excluding tert-OH is 5. The molecule has 63 heavy (non-hydrogen) atoms. The maximum Gasteiger partial charge on any atom is 0.472 e. The smallest absolute Gasteiger partial charge is 0.462 e. The fraction of sp³-hybridized carbons (Fsp3) is 0.592.